The third kappa shape index (κ3) is 18.5. The van der Waals surface area contributed by atoms with Gasteiger partial charge in [-0.05, 0) is 6.42 Å². The van der Waals surface area contributed by atoms with Gasteiger partial charge in [0.1, 0.15) is 19.7 Å². The SMILES string of the molecule is CCCCCCCCCCCCCCCCCCCCOP(=O)([O-])OCC[N+]1(C)CCC=C(C(=O)OC)C1. The molecule has 1 heterocycles. The van der Waals surface area contributed by atoms with Crippen molar-refractivity contribution in [3.8, 4) is 0 Å². The second kappa shape index (κ2) is 22.0. The Balaban J connectivity index is 1.91. The van der Waals surface area contributed by atoms with Crippen LogP contribution in [0.4, 0.5) is 0 Å². The minimum absolute atomic E-state index is 0.0465. The van der Waals surface area contributed by atoms with Gasteiger partial charge in [-0.15, -0.1) is 0 Å². The molecule has 0 aromatic heterocycles. The van der Waals surface area contributed by atoms with Crippen LogP contribution in [-0.2, 0) is 23.1 Å². The summed E-state index contributed by atoms with van der Waals surface area (Å²) >= 11 is 0. The van der Waals surface area contributed by atoms with Gasteiger partial charge in [0, 0.05) is 6.42 Å². The van der Waals surface area contributed by atoms with Crippen molar-refractivity contribution in [1.82, 2.24) is 0 Å². The number of hydrogen-bond acceptors (Lipinski definition) is 6. The molecule has 1 aliphatic heterocycles. The monoisotopic (exact) mass is 559 g/mol. The number of phosphoric ester groups is 1. The molecule has 0 spiro atoms. The zero-order valence-electron chi connectivity index (χ0n) is 24.9. The summed E-state index contributed by atoms with van der Waals surface area (Å²) in [5.41, 5.74) is 0.636. The van der Waals surface area contributed by atoms with Crippen LogP contribution < -0.4 is 4.89 Å². The van der Waals surface area contributed by atoms with E-state index in [1.54, 1.807) is 0 Å². The summed E-state index contributed by atoms with van der Waals surface area (Å²) in [4.78, 5) is 23.9. The summed E-state index contributed by atoms with van der Waals surface area (Å²) in [7, 11) is -0.923. The molecule has 224 valence electrons. The van der Waals surface area contributed by atoms with Crippen LogP contribution in [0.15, 0.2) is 11.6 Å². The average molecular weight is 560 g/mol. The highest BCUT2D eigenvalue weighted by molar-refractivity contribution is 7.45. The average Bonchev–Trinajstić information content (AvgIpc) is 2.89. The molecule has 0 aromatic carbocycles. The number of quaternary nitrogens is 1. The lowest BCUT2D eigenvalue weighted by Crippen LogP contribution is -2.50. The quantitative estimate of drug-likeness (QED) is 0.0499. The minimum Gasteiger partial charge on any atom is -0.756 e. The molecule has 0 radical (unpaired) electrons. The minimum atomic E-state index is -4.29. The maximum atomic E-state index is 12.1. The van der Waals surface area contributed by atoms with Gasteiger partial charge in [0.25, 0.3) is 7.82 Å². The van der Waals surface area contributed by atoms with Crippen molar-refractivity contribution in [2.45, 2.75) is 129 Å². The Bertz CT molecular complexity index is 686. The second-order valence-electron chi connectivity index (χ2n) is 11.4. The Morgan fingerprint density at radius 1 is 0.816 bits per heavy atom. The smallest absolute Gasteiger partial charge is 0.339 e. The van der Waals surface area contributed by atoms with Crippen molar-refractivity contribution < 1.29 is 32.5 Å². The Morgan fingerprint density at radius 2 is 1.26 bits per heavy atom. The lowest BCUT2D eigenvalue weighted by Gasteiger charge is -2.37. The number of carbonyl (C=O) groups is 1. The lowest BCUT2D eigenvalue weighted by molar-refractivity contribution is -0.906. The summed E-state index contributed by atoms with van der Waals surface area (Å²) in [6.45, 7) is 4.33. The fourth-order valence-corrected chi connectivity index (χ4v) is 5.90. The molecule has 0 saturated carbocycles. The van der Waals surface area contributed by atoms with E-state index < -0.39 is 7.82 Å². The van der Waals surface area contributed by atoms with Gasteiger partial charge < -0.3 is 23.2 Å². The number of ether oxygens (including phenoxy) is 1. The molecule has 2 unspecified atom stereocenters. The zero-order valence-corrected chi connectivity index (χ0v) is 25.8. The molecule has 0 aromatic rings. The third-order valence-electron chi connectivity index (χ3n) is 7.69. The van der Waals surface area contributed by atoms with E-state index in [1.807, 2.05) is 13.1 Å². The van der Waals surface area contributed by atoms with Gasteiger partial charge in [0.05, 0.1) is 32.9 Å². The molecular formula is C30H58NO6P. The van der Waals surface area contributed by atoms with Gasteiger partial charge >= 0.3 is 5.97 Å². The summed E-state index contributed by atoms with van der Waals surface area (Å²) < 4.78 is 27.5. The van der Waals surface area contributed by atoms with Crippen molar-refractivity contribution in [3.63, 3.8) is 0 Å². The zero-order chi connectivity index (χ0) is 28.0. The number of hydrogen-bond donors (Lipinski definition) is 0. The Kier molecular flexibility index (Phi) is 20.5. The largest absolute Gasteiger partial charge is 0.756 e. The number of esters is 1. The number of methoxy groups -OCH3 is 1. The molecular weight excluding hydrogens is 501 g/mol. The number of phosphoric acid groups is 1. The molecule has 38 heavy (non-hydrogen) atoms. The van der Waals surface area contributed by atoms with Crippen LogP contribution in [0.1, 0.15) is 129 Å². The van der Waals surface area contributed by atoms with E-state index in [4.69, 9.17) is 13.8 Å². The van der Waals surface area contributed by atoms with Crippen molar-refractivity contribution in [2.75, 3.05) is 47.0 Å². The number of likely N-dealkylation sites (N-methyl/N-ethyl adjacent to an activating group) is 1. The van der Waals surface area contributed by atoms with E-state index in [0.717, 1.165) is 32.2 Å². The van der Waals surface area contributed by atoms with Gasteiger partial charge in [-0.2, -0.15) is 0 Å². The number of carbonyl (C=O) groups excluding carboxylic acids is 1. The highest BCUT2D eigenvalue weighted by Crippen LogP contribution is 2.38. The fraction of sp³-hybridized carbons (Fsp3) is 0.900. The molecule has 2 atom stereocenters. The van der Waals surface area contributed by atoms with Crippen molar-refractivity contribution in [2.24, 2.45) is 0 Å². The van der Waals surface area contributed by atoms with E-state index in [0.29, 0.717) is 23.1 Å². The first kappa shape index (κ1) is 35.3. The summed E-state index contributed by atoms with van der Waals surface area (Å²) in [6, 6.07) is 0. The van der Waals surface area contributed by atoms with Crippen molar-refractivity contribution >= 4 is 13.8 Å². The van der Waals surface area contributed by atoms with Crippen LogP contribution in [0.2, 0.25) is 0 Å². The third-order valence-corrected chi connectivity index (χ3v) is 8.68. The first-order chi connectivity index (χ1) is 18.3. The molecule has 8 heteroatoms. The van der Waals surface area contributed by atoms with E-state index in [-0.39, 0.29) is 19.2 Å². The highest BCUT2D eigenvalue weighted by atomic mass is 31.2. The van der Waals surface area contributed by atoms with Crippen LogP contribution >= 0.6 is 7.82 Å². The van der Waals surface area contributed by atoms with E-state index in [1.165, 1.54) is 103 Å². The predicted octanol–water partition coefficient (Wildman–Crippen LogP) is 7.48. The number of unbranched alkanes of at least 4 members (excludes halogenated alkanes) is 17. The van der Waals surface area contributed by atoms with Crippen LogP contribution in [0.5, 0.6) is 0 Å². The van der Waals surface area contributed by atoms with Gasteiger partial charge in [-0.1, -0.05) is 122 Å². The molecule has 0 fully saturated rings. The van der Waals surface area contributed by atoms with Gasteiger partial charge in [0.15, 0.2) is 0 Å². The van der Waals surface area contributed by atoms with Crippen LogP contribution in [0.3, 0.4) is 0 Å². The summed E-state index contributed by atoms with van der Waals surface area (Å²) in [5.74, 6) is -0.322. The van der Waals surface area contributed by atoms with Gasteiger partial charge in [0.2, 0.25) is 0 Å². The molecule has 1 aliphatic rings. The maximum absolute atomic E-state index is 12.1. The lowest BCUT2D eigenvalue weighted by atomic mass is 10.0. The molecule has 0 saturated heterocycles. The summed E-state index contributed by atoms with van der Waals surface area (Å²) in [5, 5.41) is 0. The van der Waals surface area contributed by atoms with Gasteiger partial charge in [-0.3, -0.25) is 4.57 Å². The number of rotatable bonds is 25. The first-order valence-electron chi connectivity index (χ1n) is 15.5. The van der Waals surface area contributed by atoms with Crippen molar-refractivity contribution in [1.29, 1.82) is 0 Å². The predicted molar refractivity (Wildman–Crippen MR) is 154 cm³/mol. The van der Waals surface area contributed by atoms with Crippen LogP contribution in [-0.4, -0.2) is 57.5 Å². The first-order valence-corrected chi connectivity index (χ1v) is 17.0. The molecule has 0 N–H and O–H groups in total. The molecule has 0 amide bonds. The number of nitrogens with zero attached hydrogens (tertiary/aromatic N) is 1. The summed E-state index contributed by atoms with van der Waals surface area (Å²) in [6.07, 6.45) is 26.0. The topological polar surface area (TPSA) is 84.9 Å². The highest BCUT2D eigenvalue weighted by Gasteiger charge is 2.30. The van der Waals surface area contributed by atoms with Gasteiger partial charge in [-0.25, -0.2) is 4.79 Å². The van der Waals surface area contributed by atoms with E-state index in [9.17, 15) is 14.3 Å². The Morgan fingerprint density at radius 3 is 1.74 bits per heavy atom. The fourth-order valence-electron chi connectivity index (χ4n) is 5.17. The second-order valence-corrected chi connectivity index (χ2v) is 12.8. The Hall–Kier alpha value is -0.720. The van der Waals surface area contributed by atoms with Crippen LogP contribution in [0, 0.1) is 0 Å². The molecule has 0 bridgehead atoms. The molecule has 7 nitrogen and oxygen atoms in total. The normalized spacial score (nSPS) is 19.2. The maximum Gasteiger partial charge on any atom is 0.339 e. The Labute approximate surface area is 233 Å². The molecule has 0 aliphatic carbocycles. The molecule has 1 rings (SSSR count). The van der Waals surface area contributed by atoms with Crippen LogP contribution in [0.25, 0.3) is 0 Å². The van der Waals surface area contributed by atoms with Crippen molar-refractivity contribution in [3.05, 3.63) is 11.6 Å². The van der Waals surface area contributed by atoms with E-state index in [2.05, 4.69) is 6.92 Å². The standard InChI is InChI=1S/C30H58NO6P/c1-4-5-6-7-8-9-10-11-12-13-14-15-16-17-18-19-20-21-26-36-38(33,34)37-27-25-31(2)24-22-23-29(28-31)30(32)35-3/h23H,4-22,24-28H2,1-3H3. The van der Waals surface area contributed by atoms with E-state index >= 15 is 0 Å².